The molecule has 1 atom stereocenters. The van der Waals surface area contributed by atoms with Crippen LogP contribution in [0.25, 0.3) is 0 Å². The molecule has 0 aliphatic carbocycles. The lowest BCUT2D eigenvalue weighted by molar-refractivity contribution is 0.314. The molecule has 1 aliphatic heterocycles. The Morgan fingerprint density at radius 3 is 2.88 bits per heavy atom. The molecule has 0 amide bonds. The number of hydrogen-bond donors (Lipinski definition) is 1. The van der Waals surface area contributed by atoms with Crippen molar-refractivity contribution in [1.82, 2.24) is 19.3 Å². The molecule has 0 spiro atoms. The minimum absolute atomic E-state index is 0.0790. The van der Waals surface area contributed by atoms with E-state index in [9.17, 15) is 8.42 Å². The maximum atomic E-state index is 12.2. The van der Waals surface area contributed by atoms with Crippen LogP contribution in [0.1, 0.15) is 12.8 Å². The molecule has 1 saturated heterocycles. The van der Waals surface area contributed by atoms with Crippen LogP contribution in [-0.4, -0.2) is 46.8 Å². The third-order valence-electron chi connectivity index (χ3n) is 2.70. The molecule has 0 saturated carbocycles. The van der Waals surface area contributed by atoms with E-state index in [2.05, 4.69) is 10.3 Å². The smallest absolute Gasteiger partial charge is 0.261 e. The highest BCUT2D eigenvalue weighted by Crippen LogP contribution is 2.18. The first kappa shape index (κ1) is 11.5. The van der Waals surface area contributed by atoms with E-state index >= 15 is 0 Å². The molecule has 0 radical (unpaired) electrons. The molecule has 0 bridgehead atoms. The summed E-state index contributed by atoms with van der Waals surface area (Å²) in [4.78, 5) is 0. The second-order valence-corrected chi connectivity index (χ2v) is 5.85. The van der Waals surface area contributed by atoms with Crippen molar-refractivity contribution in [3.8, 4) is 0 Å². The quantitative estimate of drug-likeness (QED) is 0.715. The van der Waals surface area contributed by atoms with Crippen molar-refractivity contribution in [2.45, 2.75) is 23.9 Å². The summed E-state index contributed by atoms with van der Waals surface area (Å²) in [5.74, 6) is 0. The number of nitrogens with zero attached hydrogens (tertiary/aromatic N) is 4. The molecule has 2 N–H and O–H groups in total. The molecule has 1 aromatic heterocycles. The average molecular weight is 245 g/mol. The predicted octanol–water partition coefficient (Wildman–Crippen LogP) is -1.07. The first-order valence-corrected chi connectivity index (χ1v) is 6.56. The molecule has 1 aliphatic rings. The monoisotopic (exact) mass is 245 g/mol. The van der Waals surface area contributed by atoms with Crippen molar-refractivity contribution in [1.29, 1.82) is 0 Å². The van der Waals surface area contributed by atoms with E-state index in [1.165, 1.54) is 15.2 Å². The highest BCUT2D eigenvalue weighted by Gasteiger charge is 2.31. The van der Waals surface area contributed by atoms with Gasteiger partial charge < -0.3 is 5.73 Å². The van der Waals surface area contributed by atoms with Gasteiger partial charge in [0, 0.05) is 26.2 Å². The molecule has 1 fully saturated rings. The third kappa shape index (κ3) is 1.95. The summed E-state index contributed by atoms with van der Waals surface area (Å²) in [5.41, 5.74) is 5.77. The van der Waals surface area contributed by atoms with Gasteiger partial charge in [0.2, 0.25) is 0 Å². The van der Waals surface area contributed by atoms with Crippen LogP contribution in [-0.2, 0) is 17.1 Å². The van der Waals surface area contributed by atoms with Crippen molar-refractivity contribution in [2.75, 3.05) is 13.1 Å². The van der Waals surface area contributed by atoms with Crippen LogP contribution in [0.15, 0.2) is 11.2 Å². The minimum atomic E-state index is -3.49. The number of piperidine rings is 1. The van der Waals surface area contributed by atoms with Crippen molar-refractivity contribution in [2.24, 2.45) is 12.8 Å². The van der Waals surface area contributed by atoms with Crippen molar-refractivity contribution >= 4 is 10.0 Å². The van der Waals surface area contributed by atoms with Crippen LogP contribution in [0.2, 0.25) is 0 Å². The van der Waals surface area contributed by atoms with E-state index in [0.29, 0.717) is 13.1 Å². The SMILES string of the molecule is Cn1nncc1S(=O)(=O)N1CCCC(N)C1. The van der Waals surface area contributed by atoms with Gasteiger partial charge in [-0.3, -0.25) is 0 Å². The Labute approximate surface area is 94.3 Å². The first-order chi connectivity index (χ1) is 7.51. The summed E-state index contributed by atoms with van der Waals surface area (Å²) in [5, 5.41) is 7.32. The van der Waals surface area contributed by atoms with Crippen LogP contribution in [0.3, 0.4) is 0 Å². The number of hydrogen-bond acceptors (Lipinski definition) is 5. The Bertz CT molecular complexity index is 469. The Balaban J connectivity index is 2.29. The van der Waals surface area contributed by atoms with E-state index in [4.69, 9.17) is 5.73 Å². The van der Waals surface area contributed by atoms with E-state index < -0.39 is 10.0 Å². The molecule has 0 aromatic carbocycles. The van der Waals surface area contributed by atoms with Crippen LogP contribution in [0, 0.1) is 0 Å². The number of aromatic nitrogens is 3. The minimum Gasteiger partial charge on any atom is -0.327 e. The fraction of sp³-hybridized carbons (Fsp3) is 0.750. The topological polar surface area (TPSA) is 94.1 Å². The summed E-state index contributed by atoms with van der Waals surface area (Å²) in [6.07, 6.45) is 2.93. The van der Waals surface area contributed by atoms with E-state index in [1.807, 2.05) is 0 Å². The second-order valence-electron chi connectivity index (χ2n) is 3.96. The molecule has 1 aromatic rings. The fourth-order valence-corrected chi connectivity index (χ4v) is 3.41. The number of sulfonamides is 1. The van der Waals surface area contributed by atoms with Crippen LogP contribution in [0.4, 0.5) is 0 Å². The van der Waals surface area contributed by atoms with Gasteiger partial charge in [-0.2, -0.15) is 4.31 Å². The number of nitrogens with two attached hydrogens (primary N) is 1. The Morgan fingerprint density at radius 2 is 2.31 bits per heavy atom. The predicted molar refractivity (Wildman–Crippen MR) is 57.0 cm³/mol. The number of aryl methyl sites for hydroxylation is 1. The maximum Gasteiger partial charge on any atom is 0.261 e. The highest BCUT2D eigenvalue weighted by atomic mass is 32.2. The summed E-state index contributed by atoms with van der Waals surface area (Å²) >= 11 is 0. The molecule has 8 heteroatoms. The van der Waals surface area contributed by atoms with Crippen molar-refractivity contribution < 1.29 is 8.42 Å². The van der Waals surface area contributed by atoms with Crippen LogP contribution < -0.4 is 5.73 Å². The zero-order valence-corrected chi connectivity index (χ0v) is 9.89. The molecule has 7 nitrogen and oxygen atoms in total. The van der Waals surface area contributed by atoms with Crippen molar-refractivity contribution in [3.63, 3.8) is 0 Å². The molecular weight excluding hydrogens is 230 g/mol. The van der Waals surface area contributed by atoms with Gasteiger partial charge in [0.05, 0.1) is 6.20 Å². The van der Waals surface area contributed by atoms with Gasteiger partial charge >= 0.3 is 0 Å². The lowest BCUT2D eigenvalue weighted by atomic mass is 10.1. The summed E-state index contributed by atoms with van der Waals surface area (Å²) in [6.45, 7) is 0.884. The zero-order chi connectivity index (χ0) is 11.8. The fourth-order valence-electron chi connectivity index (χ4n) is 1.84. The van der Waals surface area contributed by atoms with Crippen molar-refractivity contribution in [3.05, 3.63) is 6.20 Å². The van der Waals surface area contributed by atoms with Gasteiger partial charge in [-0.1, -0.05) is 5.21 Å². The lowest BCUT2D eigenvalue weighted by Gasteiger charge is -2.29. The van der Waals surface area contributed by atoms with Gasteiger partial charge in [0.25, 0.3) is 10.0 Å². The van der Waals surface area contributed by atoms with Gasteiger partial charge in [-0.15, -0.1) is 5.10 Å². The largest absolute Gasteiger partial charge is 0.327 e. The maximum absolute atomic E-state index is 12.2. The van der Waals surface area contributed by atoms with E-state index in [1.54, 1.807) is 7.05 Å². The normalized spacial score (nSPS) is 23.5. The Kier molecular flexibility index (Phi) is 2.96. The standard InChI is InChI=1S/C8H15N5O2S/c1-12-8(5-10-11-12)16(14,15)13-4-2-3-7(9)6-13/h5,7H,2-4,6,9H2,1H3. The van der Waals surface area contributed by atoms with E-state index in [-0.39, 0.29) is 11.1 Å². The van der Waals surface area contributed by atoms with Gasteiger partial charge in [-0.25, -0.2) is 13.1 Å². The summed E-state index contributed by atoms with van der Waals surface area (Å²) < 4.78 is 27.0. The summed E-state index contributed by atoms with van der Waals surface area (Å²) in [7, 11) is -1.93. The zero-order valence-electron chi connectivity index (χ0n) is 9.07. The Morgan fingerprint density at radius 1 is 1.56 bits per heavy atom. The van der Waals surface area contributed by atoms with Gasteiger partial charge in [0.1, 0.15) is 0 Å². The molecule has 16 heavy (non-hydrogen) atoms. The molecule has 2 heterocycles. The first-order valence-electron chi connectivity index (χ1n) is 5.12. The van der Waals surface area contributed by atoms with Crippen LogP contribution >= 0.6 is 0 Å². The van der Waals surface area contributed by atoms with Gasteiger partial charge in [-0.05, 0) is 12.8 Å². The Hall–Kier alpha value is -0.990. The molecule has 1 unspecified atom stereocenters. The van der Waals surface area contributed by atoms with Crippen LogP contribution in [0.5, 0.6) is 0 Å². The average Bonchev–Trinajstić information content (AvgIpc) is 2.65. The summed E-state index contributed by atoms with van der Waals surface area (Å²) in [6, 6.07) is -0.0790. The molecule has 2 rings (SSSR count). The van der Waals surface area contributed by atoms with E-state index in [0.717, 1.165) is 12.8 Å². The second kappa shape index (κ2) is 4.11. The lowest BCUT2D eigenvalue weighted by Crippen LogP contribution is -2.46. The molecular formula is C8H15N5O2S. The molecule has 90 valence electrons. The van der Waals surface area contributed by atoms with Gasteiger partial charge in [0.15, 0.2) is 5.03 Å². The highest BCUT2D eigenvalue weighted by molar-refractivity contribution is 7.89. The number of rotatable bonds is 2. The third-order valence-corrected chi connectivity index (χ3v) is 4.61.